The fourth-order valence-corrected chi connectivity index (χ4v) is 2.31. The Bertz CT molecular complexity index is 941. The van der Waals surface area contributed by atoms with Crippen molar-refractivity contribution in [2.75, 3.05) is 6.54 Å². The van der Waals surface area contributed by atoms with Gasteiger partial charge in [-0.15, -0.1) is 0 Å². The van der Waals surface area contributed by atoms with Gasteiger partial charge >= 0.3 is 0 Å². The largest absolute Gasteiger partial charge is 0.339 e. The second-order valence-corrected chi connectivity index (χ2v) is 4.91. The molecule has 1 N–H and O–H groups in total. The summed E-state index contributed by atoms with van der Waals surface area (Å²) in [5, 5.41) is 15.8. The quantitative estimate of drug-likeness (QED) is 0.750. The lowest BCUT2D eigenvalue weighted by Crippen LogP contribution is -2.23. The first-order chi connectivity index (χ1) is 11.1. The van der Waals surface area contributed by atoms with Crippen molar-refractivity contribution in [2.24, 2.45) is 7.05 Å². The summed E-state index contributed by atoms with van der Waals surface area (Å²) in [7, 11) is 1.71. The molecule has 1 amide bonds. The third-order valence-electron chi connectivity index (χ3n) is 3.40. The van der Waals surface area contributed by atoms with Crippen LogP contribution in [0.1, 0.15) is 10.4 Å². The van der Waals surface area contributed by atoms with Gasteiger partial charge in [0.1, 0.15) is 12.4 Å². The molecule has 0 aliphatic rings. The lowest BCUT2D eigenvalue weighted by molar-refractivity contribution is 0.0960. The van der Waals surface area contributed by atoms with Gasteiger partial charge in [0, 0.05) is 12.6 Å². The van der Waals surface area contributed by atoms with Gasteiger partial charge in [0.2, 0.25) is 0 Å². The van der Waals surface area contributed by atoms with Gasteiger partial charge in [-0.1, -0.05) is 12.1 Å². The minimum Gasteiger partial charge on any atom is -0.339 e. The van der Waals surface area contributed by atoms with E-state index in [1.165, 1.54) is 12.1 Å². The summed E-state index contributed by atoms with van der Waals surface area (Å²) >= 11 is 0. The van der Waals surface area contributed by atoms with Crippen molar-refractivity contribution in [3.8, 4) is 17.3 Å². The van der Waals surface area contributed by atoms with Gasteiger partial charge in [-0.05, 0) is 18.2 Å². The minimum atomic E-state index is -0.399. The Morgan fingerprint density at radius 1 is 1.43 bits per heavy atom. The normalized spacial score (nSPS) is 10.5. The second kappa shape index (κ2) is 5.85. The van der Waals surface area contributed by atoms with E-state index in [1.807, 2.05) is 6.07 Å². The zero-order chi connectivity index (χ0) is 16.4. The molecule has 0 saturated carbocycles. The molecule has 3 rings (SSSR count). The highest BCUT2D eigenvalue weighted by atomic mass is 19.1. The van der Waals surface area contributed by atoms with Crippen LogP contribution in [-0.4, -0.2) is 27.2 Å². The molecule has 1 aromatic carbocycles. The topological polar surface area (TPSA) is 83.6 Å². The lowest BCUT2D eigenvalue weighted by Gasteiger charge is -2.07. The highest BCUT2D eigenvalue weighted by Crippen LogP contribution is 2.25. The summed E-state index contributed by atoms with van der Waals surface area (Å²) in [6, 6.07) is 9.41. The van der Waals surface area contributed by atoms with Crippen LogP contribution in [0.3, 0.4) is 0 Å². The number of benzene rings is 1. The van der Waals surface area contributed by atoms with Crippen molar-refractivity contribution in [2.45, 2.75) is 0 Å². The van der Waals surface area contributed by atoms with Crippen LogP contribution in [-0.2, 0) is 7.05 Å². The molecule has 0 aliphatic carbocycles. The van der Waals surface area contributed by atoms with Crippen LogP contribution in [0.15, 0.2) is 36.5 Å². The summed E-state index contributed by atoms with van der Waals surface area (Å²) in [6.45, 7) is -0.0990. The van der Waals surface area contributed by atoms with E-state index in [0.717, 1.165) is 0 Å². The predicted octanol–water partition coefficient (Wildman–Crippen LogP) is 2.03. The number of nitrogens with zero attached hydrogens (tertiary/aromatic N) is 4. The minimum absolute atomic E-state index is 0.0990. The third-order valence-corrected chi connectivity index (χ3v) is 3.40. The van der Waals surface area contributed by atoms with Gasteiger partial charge in [-0.25, -0.2) is 9.37 Å². The van der Waals surface area contributed by atoms with Crippen LogP contribution in [0, 0.1) is 17.1 Å². The Hall–Kier alpha value is -3.27. The third kappa shape index (κ3) is 2.74. The number of carbonyl (C=O) groups is 1. The molecule has 0 fully saturated rings. The molecule has 0 saturated heterocycles. The predicted molar refractivity (Wildman–Crippen MR) is 81.8 cm³/mol. The summed E-state index contributed by atoms with van der Waals surface area (Å²) in [4.78, 5) is 16.7. The van der Waals surface area contributed by atoms with Gasteiger partial charge < -0.3 is 5.32 Å². The van der Waals surface area contributed by atoms with E-state index in [0.29, 0.717) is 27.9 Å². The molecular weight excluding hydrogens is 297 g/mol. The fraction of sp³-hybridized carbons (Fsp3) is 0.125. The Kier molecular flexibility index (Phi) is 3.73. The van der Waals surface area contributed by atoms with Gasteiger partial charge in [-0.2, -0.15) is 10.4 Å². The van der Waals surface area contributed by atoms with Crippen LogP contribution < -0.4 is 5.32 Å². The molecule has 0 unspecified atom stereocenters. The van der Waals surface area contributed by atoms with Crippen LogP contribution in [0.4, 0.5) is 4.39 Å². The van der Waals surface area contributed by atoms with Crippen LogP contribution in [0.25, 0.3) is 22.3 Å². The number of carbonyl (C=O) groups excluding carboxylic acids is 1. The zero-order valence-corrected chi connectivity index (χ0v) is 12.2. The number of aromatic nitrogens is 3. The Morgan fingerprint density at radius 3 is 3.00 bits per heavy atom. The number of nitrogens with one attached hydrogen (secondary N) is 1. The number of aryl methyl sites for hydroxylation is 1. The van der Waals surface area contributed by atoms with E-state index in [4.69, 9.17) is 5.26 Å². The first kappa shape index (κ1) is 14.7. The van der Waals surface area contributed by atoms with Gasteiger partial charge in [0.15, 0.2) is 5.65 Å². The fourth-order valence-electron chi connectivity index (χ4n) is 2.31. The van der Waals surface area contributed by atoms with Crippen molar-refractivity contribution in [3.63, 3.8) is 0 Å². The molecule has 6 nitrogen and oxygen atoms in total. The maximum Gasteiger partial charge on any atom is 0.252 e. The second-order valence-electron chi connectivity index (χ2n) is 4.91. The molecule has 0 aliphatic heterocycles. The van der Waals surface area contributed by atoms with Gasteiger partial charge in [0.05, 0.1) is 28.9 Å². The SMILES string of the molecule is Cn1ncc2c(C(=O)NCC#N)cc(-c3cccc(F)c3)nc21. The smallest absolute Gasteiger partial charge is 0.252 e. The van der Waals surface area contributed by atoms with Gasteiger partial charge in [-0.3, -0.25) is 9.48 Å². The van der Waals surface area contributed by atoms with E-state index in [1.54, 1.807) is 36.1 Å². The van der Waals surface area contributed by atoms with E-state index < -0.39 is 5.91 Å². The standard InChI is InChI=1S/C16H12FN5O/c1-22-15-13(9-20-22)12(16(23)19-6-5-18)8-14(21-15)10-3-2-4-11(17)7-10/h2-4,7-9H,6H2,1H3,(H,19,23). The van der Waals surface area contributed by atoms with E-state index in [9.17, 15) is 9.18 Å². The van der Waals surface area contributed by atoms with Crippen molar-refractivity contribution in [1.29, 1.82) is 5.26 Å². The Balaban J connectivity index is 2.19. The average molecular weight is 309 g/mol. The number of rotatable bonds is 3. The molecule has 114 valence electrons. The lowest BCUT2D eigenvalue weighted by atomic mass is 10.1. The monoisotopic (exact) mass is 309 g/mol. The first-order valence-electron chi connectivity index (χ1n) is 6.84. The molecule has 7 heteroatoms. The first-order valence-corrected chi connectivity index (χ1v) is 6.84. The van der Waals surface area contributed by atoms with Crippen LogP contribution in [0.5, 0.6) is 0 Å². The number of nitriles is 1. The van der Waals surface area contributed by atoms with Crippen molar-refractivity contribution in [3.05, 3.63) is 47.9 Å². The maximum absolute atomic E-state index is 13.5. The Morgan fingerprint density at radius 2 is 2.26 bits per heavy atom. The molecule has 0 spiro atoms. The number of amides is 1. The van der Waals surface area contributed by atoms with Crippen LogP contribution in [0.2, 0.25) is 0 Å². The van der Waals surface area contributed by atoms with Gasteiger partial charge in [0.25, 0.3) is 5.91 Å². The summed E-state index contributed by atoms with van der Waals surface area (Å²) in [5.41, 5.74) is 1.87. The van der Waals surface area contributed by atoms with E-state index in [-0.39, 0.29) is 12.4 Å². The number of fused-ring (bicyclic) bond motifs is 1. The summed E-state index contributed by atoms with van der Waals surface area (Å²) < 4.78 is 15.0. The molecule has 0 bridgehead atoms. The van der Waals surface area contributed by atoms with E-state index >= 15 is 0 Å². The highest BCUT2D eigenvalue weighted by molar-refractivity contribution is 6.06. The molecule has 0 atom stereocenters. The molecule has 2 heterocycles. The Labute approximate surface area is 131 Å². The number of hydrogen-bond acceptors (Lipinski definition) is 4. The molecule has 3 aromatic rings. The van der Waals surface area contributed by atoms with Crippen molar-refractivity contribution in [1.82, 2.24) is 20.1 Å². The number of pyridine rings is 1. The molecule has 2 aromatic heterocycles. The van der Waals surface area contributed by atoms with Crippen LogP contribution >= 0.6 is 0 Å². The zero-order valence-electron chi connectivity index (χ0n) is 12.2. The maximum atomic E-state index is 13.5. The van der Waals surface area contributed by atoms with E-state index in [2.05, 4.69) is 15.4 Å². The average Bonchev–Trinajstić information content (AvgIpc) is 2.93. The highest BCUT2D eigenvalue weighted by Gasteiger charge is 2.16. The molecule has 23 heavy (non-hydrogen) atoms. The van der Waals surface area contributed by atoms with Crippen molar-refractivity contribution >= 4 is 16.9 Å². The molecule has 0 radical (unpaired) electrons. The molecular formula is C16H12FN5O. The summed E-state index contributed by atoms with van der Waals surface area (Å²) in [5.74, 6) is -0.783. The van der Waals surface area contributed by atoms with Crippen molar-refractivity contribution < 1.29 is 9.18 Å². The summed E-state index contributed by atoms with van der Waals surface area (Å²) in [6.07, 6.45) is 1.54. The number of halogens is 1. The number of hydrogen-bond donors (Lipinski definition) is 1.